The van der Waals surface area contributed by atoms with Gasteiger partial charge >= 0.3 is 6.18 Å². The lowest BCUT2D eigenvalue weighted by Gasteiger charge is -2.61. The van der Waals surface area contributed by atoms with Gasteiger partial charge in [0.2, 0.25) is 0 Å². The Balaban J connectivity index is 6.58. The van der Waals surface area contributed by atoms with Crippen LogP contribution in [0.2, 0.25) is 0 Å². The zero-order valence-corrected chi connectivity index (χ0v) is 22.4. The monoisotopic (exact) mass is 490 g/mol. The standard InChI is InChI=1S/C23H47ClF4N4/c1-10-13-22(19(4)5,30(8)9)20(6,11-2)32(29-7)31(12-3)18-21(17-25,14-15-24)16-23(26,27)28/h19,29H,10-18H2,1-9H3. The zero-order chi connectivity index (χ0) is 25.4. The quantitative estimate of drug-likeness (QED) is 0.160. The van der Waals surface area contributed by atoms with Gasteiger partial charge in [0.1, 0.15) is 0 Å². The molecular weight excluding hydrogens is 444 g/mol. The number of rotatable bonds is 16. The molecule has 0 aromatic rings. The van der Waals surface area contributed by atoms with E-state index in [-0.39, 0.29) is 30.3 Å². The van der Waals surface area contributed by atoms with E-state index in [2.05, 4.69) is 59.0 Å². The molecule has 9 heteroatoms. The van der Waals surface area contributed by atoms with E-state index >= 15 is 0 Å². The van der Waals surface area contributed by atoms with Gasteiger partial charge in [-0.05, 0) is 46.2 Å². The van der Waals surface area contributed by atoms with Gasteiger partial charge in [0.05, 0.1) is 18.6 Å². The van der Waals surface area contributed by atoms with Gasteiger partial charge in [0, 0.05) is 37.0 Å². The number of hydrogen-bond donors (Lipinski definition) is 1. The van der Waals surface area contributed by atoms with Crippen molar-refractivity contribution in [1.29, 1.82) is 0 Å². The molecule has 194 valence electrons. The molecular formula is C23H47ClF4N4. The van der Waals surface area contributed by atoms with Crippen molar-refractivity contribution in [2.75, 3.05) is 46.8 Å². The molecule has 0 bridgehead atoms. The fraction of sp³-hybridized carbons (Fsp3) is 1.00. The topological polar surface area (TPSA) is 21.8 Å². The molecule has 0 heterocycles. The summed E-state index contributed by atoms with van der Waals surface area (Å²) in [4.78, 5) is 2.25. The molecule has 3 unspecified atom stereocenters. The average Bonchev–Trinajstić information content (AvgIpc) is 2.69. The molecule has 0 aliphatic heterocycles. The summed E-state index contributed by atoms with van der Waals surface area (Å²) >= 11 is 5.86. The number of nitrogens with zero attached hydrogens (tertiary/aromatic N) is 3. The molecule has 0 aromatic carbocycles. The van der Waals surface area contributed by atoms with E-state index in [0.29, 0.717) is 6.54 Å². The second kappa shape index (κ2) is 13.1. The highest BCUT2D eigenvalue weighted by Crippen LogP contribution is 2.45. The smallest absolute Gasteiger partial charge is 0.302 e. The van der Waals surface area contributed by atoms with Gasteiger partial charge in [0.25, 0.3) is 0 Å². The first kappa shape index (κ1) is 31.9. The van der Waals surface area contributed by atoms with Crippen LogP contribution >= 0.6 is 11.6 Å². The van der Waals surface area contributed by atoms with Crippen molar-refractivity contribution >= 4 is 11.6 Å². The lowest BCUT2D eigenvalue weighted by molar-refractivity contribution is -0.221. The van der Waals surface area contributed by atoms with Crippen LogP contribution in [0, 0.1) is 11.3 Å². The van der Waals surface area contributed by atoms with Crippen LogP contribution in [0.25, 0.3) is 0 Å². The van der Waals surface area contributed by atoms with Crippen molar-refractivity contribution in [2.24, 2.45) is 11.3 Å². The molecule has 0 radical (unpaired) electrons. The Hall–Kier alpha value is -0.150. The number of halogens is 5. The predicted octanol–water partition coefficient (Wildman–Crippen LogP) is 6.12. The second-order valence-electron chi connectivity index (χ2n) is 9.73. The summed E-state index contributed by atoms with van der Waals surface area (Å²) in [7, 11) is 5.92. The van der Waals surface area contributed by atoms with Gasteiger partial charge in [-0.25, -0.2) is 10.4 Å². The normalized spacial score (nSPS) is 18.9. The highest BCUT2D eigenvalue weighted by Gasteiger charge is 2.55. The van der Waals surface area contributed by atoms with Crippen molar-refractivity contribution < 1.29 is 17.6 Å². The lowest BCUT2D eigenvalue weighted by atomic mass is 9.65. The largest absolute Gasteiger partial charge is 0.389 e. The summed E-state index contributed by atoms with van der Waals surface area (Å²) < 4.78 is 54.6. The van der Waals surface area contributed by atoms with Gasteiger partial charge in [0.15, 0.2) is 0 Å². The third-order valence-corrected chi connectivity index (χ3v) is 7.52. The molecule has 0 fully saturated rings. The summed E-state index contributed by atoms with van der Waals surface area (Å²) in [6, 6.07) is 0. The number of hydrogen-bond acceptors (Lipinski definition) is 4. The molecule has 0 aromatic heterocycles. The van der Waals surface area contributed by atoms with E-state index in [1.165, 1.54) is 0 Å². The van der Waals surface area contributed by atoms with E-state index in [4.69, 9.17) is 11.6 Å². The summed E-state index contributed by atoms with van der Waals surface area (Å²) in [5.41, 5.74) is 0.916. The summed E-state index contributed by atoms with van der Waals surface area (Å²) in [5.74, 6) is 0.243. The van der Waals surface area contributed by atoms with Crippen molar-refractivity contribution in [3.8, 4) is 0 Å². The third-order valence-electron chi connectivity index (χ3n) is 7.33. The Morgan fingerprint density at radius 3 is 1.88 bits per heavy atom. The molecule has 0 amide bonds. The van der Waals surface area contributed by atoms with Gasteiger partial charge < -0.3 is 4.90 Å². The minimum absolute atomic E-state index is 0.0222. The highest BCUT2D eigenvalue weighted by molar-refractivity contribution is 6.17. The molecule has 3 atom stereocenters. The molecule has 4 nitrogen and oxygen atoms in total. The van der Waals surface area contributed by atoms with E-state index < -0.39 is 30.2 Å². The van der Waals surface area contributed by atoms with E-state index in [0.717, 1.165) is 19.3 Å². The molecule has 0 spiro atoms. The van der Waals surface area contributed by atoms with Crippen molar-refractivity contribution in [3.63, 3.8) is 0 Å². The van der Waals surface area contributed by atoms with Gasteiger partial charge in [-0.3, -0.25) is 4.39 Å². The second-order valence-corrected chi connectivity index (χ2v) is 10.1. The summed E-state index contributed by atoms with van der Waals surface area (Å²) in [6.45, 7) is 12.0. The maximum absolute atomic E-state index is 14.3. The van der Waals surface area contributed by atoms with Crippen LogP contribution in [0.4, 0.5) is 17.6 Å². The molecule has 0 rings (SSSR count). The van der Waals surface area contributed by atoms with E-state index in [1.54, 1.807) is 7.05 Å². The first-order valence-electron chi connectivity index (χ1n) is 11.8. The summed E-state index contributed by atoms with van der Waals surface area (Å²) in [6.07, 6.45) is -3.08. The van der Waals surface area contributed by atoms with Gasteiger partial charge in [-0.2, -0.15) is 18.3 Å². The number of hydrazine groups is 2. The molecule has 32 heavy (non-hydrogen) atoms. The third kappa shape index (κ3) is 6.94. The van der Waals surface area contributed by atoms with E-state index in [1.807, 2.05) is 17.1 Å². The molecule has 1 N–H and O–H groups in total. The SMILES string of the molecule is CCCC(C(C)C)(N(C)C)C(C)(CC)N(NC)N(CC)CC(CF)(CCCl)CC(F)(F)F. The van der Waals surface area contributed by atoms with Crippen LogP contribution in [-0.2, 0) is 0 Å². The average molecular weight is 491 g/mol. The van der Waals surface area contributed by atoms with Crippen LogP contribution in [0.3, 0.4) is 0 Å². The highest BCUT2D eigenvalue weighted by atomic mass is 35.5. The number of nitrogens with one attached hydrogen (secondary N) is 1. The maximum Gasteiger partial charge on any atom is 0.389 e. The first-order chi connectivity index (χ1) is 14.7. The van der Waals surface area contributed by atoms with Gasteiger partial charge in [-0.15, -0.1) is 11.6 Å². The van der Waals surface area contributed by atoms with Crippen molar-refractivity contribution in [1.82, 2.24) is 20.5 Å². The number of likely N-dealkylation sites (N-methyl/N-ethyl adjacent to an activating group) is 1. The van der Waals surface area contributed by atoms with Crippen LogP contribution in [0.1, 0.15) is 73.6 Å². The van der Waals surface area contributed by atoms with Crippen molar-refractivity contribution in [3.05, 3.63) is 0 Å². The Bertz CT molecular complexity index is 525. The Morgan fingerprint density at radius 1 is 1.03 bits per heavy atom. The molecule has 0 aliphatic rings. The van der Waals surface area contributed by atoms with Crippen LogP contribution in [-0.4, -0.2) is 79.1 Å². The van der Waals surface area contributed by atoms with E-state index in [9.17, 15) is 17.6 Å². The molecule has 0 saturated carbocycles. The predicted molar refractivity (Wildman–Crippen MR) is 127 cm³/mol. The zero-order valence-electron chi connectivity index (χ0n) is 21.7. The maximum atomic E-state index is 14.3. The molecule has 0 saturated heterocycles. The summed E-state index contributed by atoms with van der Waals surface area (Å²) in [5, 5.41) is 3.81. The minimum Gasteiger partial charge on any atom is -0.302 e. The van der Waals surface area contributed by atoms with Crippen LogP contribution in [0.5, 0.6) is 0 Å². The lowest BCUT2D eigenvalue weighted by Crippen LogP contribution is -2.75. The van der Waals surface area contributed by atoms with Gasteiger partial charge in [-0.1, -0.05) is 41.0 Å². The van der Waals surface area contributed by atoms with Crippen molar-refractivity contribution in [2.45, 2.75) is 90.9 Å². The Labute approximate surface area is 199 Å². The first-order valence-corrected chi connectivity index (χ1v) is 12.3. The fourth-order valence-corrected chi connectivity index (χ4v) is 6.24. The van der Waals surface area contributed by atoms with Crippen LogP contribution in [0.15, 0.2) is 0 Å². The Kier molecular flexibility index (Phi) is 13.0. The van der Waals surface area contributed by atoms with Crippen LogP contribution < -0.4 is 5.43 Å². The Morgan fingerprint density at radius 2 is 1.59 bits per heavy atom. The molecule has 0 aliphatic carbocycles. The number of alkyl halides is 5. The minimum atomic E-state index is -4.47. The fourth-order valence-electron chi connectivity index (χ4n) is 5.84.